The van der Waals surface area contributed by atoms with E-state index in [9.17, 15) is 10.2 Å². The molecule has 0 aliphatic carbocycles. The first-order valence-electron chi connectivity index (χ1n) is 8.21. The van der Waals surface area contributed by atoms with Crippen LogP contribution >= 0.6 is 0 Å². The number of hydrogen-bond acceptors (Lipinski definition) is 5. The molecule has 22 heavy (non-hydrogen) atoms. The molecule has 124 valence electrons. The molecule has 2 aliphatic rings. The van der Waals surface area contributed by atoms with E-state index < -0.39 is 11.7 Å². The number of rotatable bonds is 3. The minimum absolute atomic E-state index is 0.232. The van der Waals surface area contributed by atoms with Crippen LogP contribution in [0, 0.1) is 0 Å². The SMILES string of the molecule is CCn1cc(CN2CCC3(CC2)C[C@](C)(O)[C@@H](O)CO3)cn1. The summed E-state index contributed by atoms with van der Waals surface area (Å²) in [6, 6.07) is 0. The summed E-state index contributed by atoms with van der Waals surface area (Å²) < 4.78 is 7.87. The van der Waals surface area contributed by atoms with E-state index in [1.807, 2.05) is 10.9 Å². The van der Waals surface area contributed by atoms with Crippen molar-refractivity contribution in [1.82, 2.24) is 14.7 Å². The van der Waals surface area contributed by atoms with Crippen molar-refractivity contribution in [2.24, 2.45) is 0 Å². The van der Waals surface area contributed by atoms with Gasteiger partial charge in [-0.15, -0.1) is 0 Å². The maximum Gasteiger partial charge on any atom is 0.106 e. The zero-order valence-electron chi connectivity index (χ0n) is 13.5. The van der Waals surface area contributed by atoms with Gasteiger partial charge in [-0.3, -0.25) is 9.58 Å². The van der Waals surface area contributed by atoms with Gasteiger partial charge in [-0.1, -0.05) is 0 Å². The number of likely N-dealkylation sites (tertiary alicyclic amines) is 1. The second-order valence-electron chi connectivity index (χ2n) is 7.02. The van der Waals surface area contributed by atoms with Crippen LogP contribution in [0.2, 0.25) is 0 Å². The molecule has 6 nitrogen and oxygen atoms in total. The van der Waals surface area contributed by atoms with E-state index in [4.69, 9.17) is 4.74 Å². The average molecular weight is 309 g/mol. The smallest absolute Gasteiger partial charge is 0.106 e. The van der Waals surface area contributed by atoms with Crippen molar-refractivity contribution in [2.45, 2.75) is 63.5 Å². The van der Waals surface area contributed by atoms with E-state index in [1.54, 1.807) is 6.92 Å². The first kappa shape index (κ1) is 15.9. The van der Waals surface area contributed by atoms with Crippen LogP contribution in [0.3, 0.4) is 0 Å². The van der Waals surface area contributed by atoms with Crippen molar-refractivity contribution in [1.29, 1.82) is 0 Å². The Balaban J connectivity index is 1.56. The predicted molar refractivity (Wildman–Crippen MR) is 82.3 cm³/mol. The molecule has 2 atom stereocenters. The average Bonchev–Trinajstić information content (AvgIpc) is 2.93. The van der Waals surface area contributed by atoms with Crippen molar-refractivity contribution in [3.05, 3.63) is 18.0 Å². The highest BCUT2D eigenvalue weighted by atomic mass is 16.5. The van der Waals surface area contributed by atoms with Gasteiger partial charge in [0.1, 0.15) is 6.10 Å². The molecule has 1 aromatic heterocycles. The first-order chi connectivity index (χ1) is 10.4. The number of aromatic nitrogens is 2. The molecule has 2 saturated heterocycles. The number of aryl methyl sites for hydroxylation is 1. The molecule has 0 unspecified atom stereocenters. The fourth-order valence-corrected chi connectivity index (χ4v) is 3.62. The highest BCUT2D eigenvalue weighted by molar-refractivity contribution is 5.05. The van der Waals surface area contributed by atoms with Gasteiger partial charge >= 0.3 is 0 Å². The normalized spacial score (nSPS) is 32.5. The quantitative estimate of drug-likeness (QED) is 0.863. The van der Waals surface area contributed by atoms with Crippen LogP contribution in [0.1, 0.15) is 38.7 Å². The van der Waals surface area contributed by atoms with Crippen molar-refractivity contribution >= 4 is 0 Å². The number of hydrogen-bond donors (Lipinski definition) is 2. The molecule has 2 aliphatic heterocycles. The Bertz CT molecular complexity index is 506. The third kappa shape index (κ3) is 3.20. The van der Waals surface area contributed by atoms with Crippen LogP contribution in [0.4, 0.5) is 0 Å². The molecule has 1 aromatic rings. The second-order valence-corrected chi connectivity index (χ2v) is 7.02. The Labute approximate surface area is 131 Å². The molecule has 1 spiro atoms. The number of ether oxygens (including phenoxy) is 1. The molecule has 3 heterocycles. The lowest BCUT2D eigenvalue weighted by Gasteiger charge is -2.49. The molecule has 0 aromatic carbocycles. The highest BCUT2D eigenvalue weighted by Gasteiger charge is 2.48. The van der Waals surface area contributed by atoms with E-state index >= 15 is 0 Å². The summed E-state index contributed by atoms with van der Waals surface area (Å²) in [4.78, 5) is 2.41. The Morgan fingerprint density at radius 1 is 1.41 bits per heavy atom. The van der Waals surface area contributed by atoms with Gasteiger partial charge in [0.05, 0.1) is 24.0 Å². The van der Waals surface area contributed by atoms with Gasteiger partial charge in [0.25, 0.3) is 0 Å². The van der Waals surface area contributed by atoms with Crippen molar-refractivity contribution < 1.29 is 14.9 Å². The van der Waals surface area contributed by atoms with Crippen LogP contribution in [0.25, 0.3) is 0 Å². The van der Waals surface area contributed by atoms with Crippen molar-refractivity contribution in [3.63, 3.8) is 0 Å². The fourth-order valence-electron chi connectivity index (χ4n) is 3.62. The third-order valence-electron chi connectivity index (χ3n) is 5.13. The lowest BCUT2D eigenvalue weighted by Crippen LogP contribution is -2.59. The number of aliphatic hydroxyl groups is 2. The van der Waals surface area contributed by atoms with Gasteiger partial charge in [0.15, 0.2) is 0 Å². The monoisotopic (exact) mass is 309 g/mol. The Kier molecular flexibility index (Phi) is 4.29. The fraction of sp³-hybridized carbons (Fsp3) is 0.812. The van der Waals surface area contributed by atoms with Gasteiger partial charge in [0.2, 0.25) is 0 Å². The predicted octanol–water partition coefficient (Wildman–Crippen LogP) is 0.770. The van der Waals surface area contributed by atoms with E-state index in [1.165, 1.54) is 5.56 Å². The number of piperidine rings is 1. The van der Waals surface area contributed by atoms with Gasteiger partial charge in [-0.25, -0.2) is 0 Å². The van der Waals surface area contributed by atoms with Crippen LogP contribution in [-0.4, -0.2) is 61.9 Å². The second kappa shape index (κ2) is 5.92. The van der Waals surface area contributed by atoms with E-state index in [2.05, 4.69) is 23.1 Å². The van der Waals surface area contributed by atoms with Gasteiger partial charge < -0.3 is 14.9 Å². The standard InChI is InChI=1S/C16H27N3O3/c1-3-19-10-13(8-17-19)9-18-6-4-16(5-7-18)12-15(2,21)14(20)11-22-16/h8,10,14,20-21H,3-7,9,11-12H2,1-2H3/t14-,15-/m0/s1. The van der Waals surface area contributed by atoms with Crippen LogP contribution in [-0.2, 0) is 17.8 Å². The van der Waals surface area contributed by atoms with E-state index in [0.717, 1.165) is 39.0 Å². The van der Waals surface area contributed by atoms with Gasteiger partial charge in [-0.05, 0) is 26.7 Å². The maximum atomic E-state index is 10.3. The summed E-state index contributed by atoms with van der Waals surface area (Å²) in [5, 5.41) is 24.5. The van der Waals surface area contributed by atoms with Crippen molar-refractivity contribution in [3.8, 4) is 0 Å². The summed E-state index contributed by atoms with van der Waals surface area (Å²) in [6.45, 7) is 7.74. The summed E-state index contributed by atoms with van der Waals surface area (Å²) in [5.74, 6) is 0. The molecule has 0 radical (unpaired) electrons. The molecule has 2 N–H and O–H groups in total. The van der Waals surface area contributed by atoms with E-state index in [-0.39, 0.29) is 12.2 Å². The summed E-state index contributed by atoms with van der Waals surface area (Å²) in [5.41, 5.74) is -0.0695. The lowest BCUT2D eigenvalue weighted by atomic mass is 9.76. The number of nitrogens with zero attached hydrogens (tertiary/aromatic N) is 3. The largest absolute Gasteiger partial charge is 0.388 e. The Morgan fingerprint density at radius 3 is 2.73 bits per heavy atom. The highest BCUT2D eigenvalue weighted by Crippen LogP contribution is 2.39. The third-order valence-corrected chi connectivity index (χ3v) is 5.13. The molecular weight excluding hydrogens is 282 g/mol. The molecule has 6 heteroatoms. The molecule has 0 amide bonds. The Hall–Kier alpha value is -0.950. The molecule has 2 fully saturated rings. The molecular formula is C16H27N3O3. The van der Waals surface area contributed by atoms with E-state index in [0.29, 0.717) is 6.42 Å². The first-order valence-corrected chi connectivity index (χ1v) is 8.21. The van der Waals surface area contributed by atoms with Crippen LogP contribution in [0.15, 0.2) is 12.4 Å². The van der Waals surface area contributed by atoms with Crippen LogP contribution < -0.4 is 0 Å². The zero-order chi connectivity index (χ0) is 15.8. The van der Waals surface area contributed by atoms with Gasteiger partial charge in [0, 0.05) is 44.4 Å². The number of aliphatic hydroxyl groups excluding tert-OH is 1. The summed E-state index contributed by atoms with van der Waals surface area (Å²) in [6.07, 6.45) is 5.57. The molecule has 0 saturated carbocycles. The maximum absolute atomic E-state index is 10.3. The minimum Gasteiger partial charge on any atom is -0.388 e. The molecule has 0 bridgehead atoms. The zero-order valence-corrected chi connectivity index (χ0v) is 13.5. The summed E-state index contributed by atoms with van der Waals surface area (Å²) >= 11 is 0. The Morgan fingerprint density at radius 2 is 2.14 bits per heavy atom. The lowest BCUT2D eigenvalue weighted by molar-refractivity contribution is -0.223. The van der Waals surface area contributed by atoms with Crippen molar-refractivity contribution in [2.75, 3.05) is 19.7 Å². The molecule has 3 rings (SSSR count). The topological polar surface area (TPSA) is 70.8 Å². The van der Waals surface area contributed by atoms with Crippen LogP contribution in [0.5, 0.6) is 0 Å². The minimum atomic E-state index is -1.04. The van der Waals surface area contributed by atoms with Gasteiger partial charge in [-0.2, -0.15) is 5.10 Å². The summed E-state index contributed by atoms with van der Waals surface area (Å²) in [7, 11) is 0.